The molecule has 16 heteroatoms. The maximum Gasteiger partial charge on any atom is 0.490 e. The average Bonchev–Trinajstić information content (AvgIpc) is 3.23. The van der Waals surface area contributed by atoms with Crippen LogP contribution in [0.15, 0.2) is 48.7 Å². The van der Waals surface area contributed by atoms with Gasteiger partial charge in [0.15, 0.2) is 0 Å². The average molecular weight is 638 g/mol. The van der Waals surface area contributed by atoms with Crippen molar-refractivity contribution in [2.24, 2.45) is 11.3 Å². The summed E-state index contributed by atoms with van der Waals surface area (Å²) in [5.74, 6) is -3.52. The molecule has 0 unspecified atom stereocenters. The van der Waals surface area contributed by atoms with Gasteiger partial charge in [-0.1, -0.05) is 18.2 Å². The van der Waals surface area contributed by atoms with E-state index in [1.807, 2.05) is 43.5 Å². The van der Waals surface area contributed by atoms with E-state index >= 15 is 0 Å². The Bertz CT molecular complexity index is 1200. The van der Waals surface area contributed by atoms with Crippen LogP contribution in [0.4, 0.5) is 32.2 Å². The summed E-state index contributed by atoms with van der Waals surface area (Å²) < 4.78 is 74.3. The Morgan fingerprint density at radius 3 is 2.05 bits per heavy atom. The lowest BCUT2D eigenvalue weighted by Crippen LogP contribution is -2.42. The molecule has 244 valence electrons. The van der Waals surface area contributed by atoms with E-state index in [1.54, 1.807) is 7.11 Å². The number of carboxylic acids is 2. The summed E-state index contributed by atoms with van der Waals surface area (Å²) >= 11 is 0. The monoisotopic (exact) mass is 637 g/mol. The van der Waals surface area contributed by atoms with Gasteiger partial charge in [-0.25, -0.2) is 14.6 Å². The number of carboxylic acid groups (broad SMARTS) is 2. The molecule has 0 bridgehead atoms. The number of pyridine rings is 1. The third-order valence-corrected chi connectivity index (χ3v) is 6.98. The Morgan fingerprint density at radius 2 is 1.57 bits per heavy atom. The summed E-state index contributed by atoms with van der Waals surface area (Å²) in [6, 6.07) is 14.2. The van der Waals surface area contributed by atoms with Gasteiger partial charge in [0.1, 0.15) is 11.6 Å². The molecule has 2 aliphatic rings. The van der Waals surface area contributed by atoms with Gasteiger partial charge >= 0.3 is 30.3 Å². The van der Waals surface area contributed by atoms with E-state index in [1.165, 1.54) is 5.56 Å². The quantitative estimate of drug-likeness (QED) is 0.342. The summed E-state index contributed by atoms with van der Waals surface area (Å²) in [7, 11) is 1.69. The molecule has 10 nitrogen and oxygen atoms in total. The zero-order valence-electron chi connectivity index (χ0n) is 23.9. The van der Waals surface area contributed by atoms with E-state index < -0.39 is 29.7 Å². The second kappa shape index (κ2) is 15.6. The highest BCUT2D eigenvalue weighted by molar-refractivity contribution is 5.79. The maximum atomic E-state index is 13.2. The Hall–Kier alpha value is -4.08. The van der Waals surface area contributed by atoms with Gasteiger partial charge in [0.25, 0.3) is 0 Å². The lowest BCUT2D eigenvalue weighted by atomic mass is 9.75. The highest BCUT2D eigenvalue weighted by atomic mass is 19.4. The number of nitrogens with zero attached hydrogens (tertiary/aromatic N) is 3. The number of ether oxygens (including phenoxy) is 2. The lowest BCUT2D eigenvalue weighted by Gasteiger charge is -2.31. The molecule has 44 heavy (non-hydrogen) atoms. The van der Waals surface area contributed by atoms with Crippen molar-refractivity contribution >= 4 is 23.7 Å². The molecular weight excluding hydrogens is 604 g/mol. The number of esters is 1. The highest BCUT2D eigenvalue weighted by Gasteiger charge is 2.54. The first-order chi connectivity index (χ1) is 20.5. The number of rotatable bonds is 6. The van der Waals surface area contributed by atoms with Crippen LogP contribution in [0.1, 0.15) is 25.3 Å². The molecule has 2 saturated heterocycles. The van der Waals surface area contributed by atoms with Gasteiger partial charge in [0.2, 0.25) is 0 Å². The molecule has 2 fully saturated rings. The van der Waals surface area contributed by atoms with Gasteiger partial charge in [0, 0.05) is 38.3 Å². The smallest absolute Gasteiger partial charge is 0.490 e. The number of alkyl halides is 6. The molecule has 0 saturated carbocycles. The van der Waals surface area contributed by atoms with E-state index in [9.17, 15) is 31.1 Å². The van der Waals surface area contributed by atoms with Crippen LogP contribution in [0.3, 0.4) is 0 Å². The number of likely N-dealkylation sites (tertiary alicyclic amines) is 1. The van der Waals surface area contributed by atoms with E-state index in [0.717, 1.165) is 50.6 Å². The van der Waals surface area contributed by atoms with Crippen LogP contribution in [-0.2, 0) is 25.7 Å². The van der Waals surface area contributed by atoms with Crippen LogP contribution >= 0.6 is 0 Å². The van der Waals surface area contributed by atoms with E-state index in [4.69, 9.17) is 29.3 Å². The predicted molar refractivity (Wildman–Crippen MR) is 144 cm³/mol. The van der Waals surface area contributed by atoms with Gasteiger partial charge in [0.05, 0.1) is 19.1 Å². The van der Waals surface area contributed by atoms with Crippen molar-refractivity contribution in [3.63, 3.8) is 0 Å². The first-order valence-electron chi connectivity index (χ1n) is 13.3. The van der Waals surface area contributed by atoms with Crippen LogP contribution in [0, 0.1) is 11.3 Å². The highest BCUT2D eigenvalue weighted by Crippen LogP contribution is 2.45. The molecule has 2 aromatic rings. The molecule has 1 aromatic heterocycles. The lowest BCUT2D eigenvalue weighted by molar-refractivity contribution is -0.193. The molecule has 4 rings (SSSR count). The number of halogens is 6. The second-order valence-electron chi connectivity index (χ2n) is 9.93. The molecular formula is C28H33F6N3O7. The van der Waals surface area contributed by atoms with Crippen LogP contribution < -0.4 is 9.64 Å². The number of hydrogen-bond donors (Lipinski definition) is 2. The first-order valence-corrected chi connectivity index (χ1v) is 13.3. The molecule has 0 spiro atoms. The van der Waals surface area contributed by atoms with E-state index in [2.05, 4.69) is 26.9 Å². The molecule has 2 atom stereocenters. The molecule has 2 N–H and O–H groups in total. The number of anilines is 1. The molecule has 0 radical (unpaired) electrons. The molecule has 3 heterocycles. The summed E-state index contributed by atoms with van der Waals surface area (Å²) in [6.45, 7) is 6.58. The summed E-state index contributed by atoms with van der Waals surface area (Å²) in [5.41, 5.74) is 0.807. The van der Waals surface area contributed by atoms with Gasteiger partial charge < -0.3 is 24.6 Å². The Morgan fingerprint density at radius 1 is 0.977 bits per heavy atom. The van der Waals surface area contributed by atoms with Crippen LogP contribution in [-0.4, -0.2) is 90.3 Å². The first kappa shape index (κ1) is 36.1. The number of fused-ring (bicyclic) bond motifs is 1. The normalized spacial score (nSPS) is 20.1. The minimum atomic E-state index is -5.08. The third-order valence-electron chi connectivity index (χ3n) is 6.98. The van der Waals surface area contributed by atoms with E-state index in [-0.39, 0.29) is 11.9 Å². The SMILES string of the molecule is CCOC(=O)[C@]12CCCN(Cc3ccc(OC)cc3)C[C@H]1CN(c1ccccn1)C2.O=C(O)C(F)(F)F.O=C(O)C(F)(F)F. The Kier molecular flexibility index (Phi) is 12.8. The van der Waals surface area contributed by atoms with Crippen molar-refractivity contribution in [2.75, 3.05) is 44.8 Å². The fourth-order valence-corrected chi connectivity index (χ4v) is 4.97. The maximum absolute atomic E-state index is 13.2. The standard InChI is InChI=1S/C24H31N3O3.2C2HF3O2/c1-3-30-23(28)24-12-6-14-26(15-19-8-10-21(29-2)11-9-19)16-20(24)17-27(18-24)22-7-4-5-13-25-22;2*3-2(4,5)1(6)7/h4-5,7-11,13,20H,3,6,12,14-18H2,1-2H3;2*(H,6,7)/t20-,24-;;/m0../s1. The topological polar surface area (TPSA) is 130 Å². The Labute approximate surface area is 249 Å². The zero-order valence-corrected chi connectivity index (χ0v) is 23.9. The largest absolute Gasteiger partial charge is 0.497 e. The number of methoxy groups -OCH3 is 1. The van der Waals surface area contributed by atoms with Crippen molar-refractivity contribution in [3.8, 4) is 5.75 Å². The van der Waals surface area contributed by atoms with Crippen molar-refractivity contribution in [1.29, 1.82) is 0 Å². The van der Waals surface area contributed by atoms with Crippen LogP contribution in [0.5, 0.6) is 5.75 Å². The van der Waals surface area contributed by atoms with Crippen molar-refractivity contribution in [2.45, 2.75) is 38.7 Å². The van der Waals surface area contributed by atoms with Crippen LogP contribution in [0.2, 0.25) is 0 Å². The summed E-state index contributed by atoms with van der Waals surface area (Å²) in [6.07, 6.45) is -6.50. The number of aromatic nitrogens is 1. The minimum absolute atomic E-state index is 0.0419. The Balaban J connectivity index is 0.000000402. The van der Waals surface area contributed by atoms with Crippen LogP contribution in [0.25, 0.3) is 0 Å². The number of carbonyl (C=O) groups is 3. The molecule has 1 aromatic carbocycles. The fourth-order valence-electron chi connectivity index (χ4n) is 4.97. The van der Waals surface area contributed by atoms with Gasteiger partial charge in [-0.15, -0.1) is 0 Å². The number of carbonyl (C=O) groups excluding carboxylic acids is 1. The number of benzene rings is 1. The second-order valence-corrected chi connectivity index (χ2v) is 9.93. The zero-order chi connectivity index (χ0) is 33.1. The number of hydrogen-bond acceptors (Lipinski definition) is 8. The minimum Gasteiger partial charge on any atom is -0.497 e. The van der Waals surface area contributed by atoms with Crippen molar-refractivity contribution in [3.05, 3.63) is 54.2 Å². The van der Waals surface area contributed by atoms with Crippen molar-refractivity contribution < 1.29 is 60.4 Å². The molecule has 2 aliphatic heterocycles. The van der Waals surface area contributed by atoms with Gasteiger partial charge in [-0.2, -0.15) is 26.3 Å². The summed E-state index contributed by atoms with van der Waals surface area (Å²) in [5, 5.41) is 14.2. The van der Waals surface area contributed by atoms with Crippen molar-refractivity contribution in [1.82, 2.24) is 9.88 Å². The molecule has 0 aliphatic carbocycles. The summed E-state index contributed by atoms with van der Waals surface area (Å²) in [4.78, 5) is 40.2. The number of aliphatic carboxylic acids is 2. The van der Waals surface area contributed by atoms with E-state index in [0.29, 0.717) is 13.2 Å². The fraction of sp³-hybridized carbons (Fsp3) is 0.500. The predicted octanol–water partition coefficient (Wildman–Crippen LogP) is 4.64. The van der Waals surface area contributed by atoms with Gasteiger partial charge in [-0.05, 0) is 56.1 Å². The molecule has 0 amide bonds. The third kappa shape index (κ3) is 10.3. The van der Waals surface area contributed by atoms with Gasteiger partial charge in [-0.3, -0.25) is 9.69 Å².